The monoisotopic (exact) mass is 298 g/mol. The van der Waals surface area contributed by atoms with Gasteiger partial charge in [0.2, 0.25) is 0 Å². The second-order valence-corrected chi connectivity index (χ2v) is 4.38. The van der Waals surface area contributed by atoms with Gasteiger partial charge < -0.3 is 9.94 Å². The number of carbonyl (C=O) groups excluding carboxylic acids is 1. The fraction of sp³-hybridized carbons (Fsp3) is 0.0714. The number of pyridine rings is 1. The number of rotatable bonds is 3. The van der Waals surface area contributed by atoms with E-state index in [1.54, 1.807) is 24.3 Å². The molecule has 0 unspecified atom stereocenters. The Bertz CT molecular complexity index is 906. The molecule has 22 heavy (non-hydrogen) atoms. The van der Waals surface area contributed by atoms with Gasteiger partial charge in [-0.15, -0.1) is 5.10 Å². The number of esters is 1. The number of hydrogen-bond donors (Lipinski definition) is 0. The molecule has 0 aliphatic rings. The first kappa shape index (κ1) is 13.7. The Kier molecular flexibility index (Phi) is 3.48. The van der Waals surface area contributed by atoms with E-state index < -0.39 is 18.3 Å². The smallest absolute Gasteiger partial charge is 0.406 e. The van der Waals surface area contributed by atoms with Crippen LogP contribution in [0.3, 0.4) is 0 Å². The summed E-state index contributed by atoms with van der Waals surface area (Å²) in [5.41, 5.74) is -0.152. The van der Waals surface area contributed by atoms with Crippen LogP contribution in [0.25, 0.3) is 10.9 Å². The Morgan fingerprint density at radius 1 is 1.23 bits per heavy atom. The van der Waals surface area contributed by atoms with Crippen molar-refractivity contribution >= 4 is 16.9 Å². The van der Waals surface area contributed by atoms with Crippen LogP contribution in [-0.2, 0) is 11.5 Å². The SMILES string of the molecule is O=C(OCn1nnc2ccccc2c1=O)c1cccc[n+]1[O-]. The van der Waals surface area contributed by atoms with Gasteiger partial charge in [-0.25, -0.2) is 4.79 Å². The van der Waals surface area contributed by atoms with Crippen LogP contribution in [-0.4, -0.2) is 21.0 Å². The van der Waals surface area contributed by atoms with Gasteiger partial charge in [0.15, 0.2) is 12.9 Å². The zero-order chi connectivity index (χ0) is 15.5. The van der Waals surface area contributed by atoms with Gasteiger partial charge in [0.25, 0.3) is 5.56 Å². The van der Waals surface area contributed by atoms with Crippen molar-refractivity contribution in [3.63, 3.8) is 0 Å². The van der Waals surface area contributed by atoms with Crippen LogP contribution < -0.4 is 10.3 Å². The van der Waals surface area contributed by atoms with Gasteiger partial charge in [0.1, 0.15) is 5.52 Å². The molecule has 8 heteroatoms. The van der Waals surface area contributed by atoms with E-state index in [4.69, 9.17) is 4.74 Å². The maximum absolute atomic E-state index is 12.1. The number of nitrogens with zero attached hydrogens (tertiary/aromatic N) is 4. The van der Waals surface area contributed by atoms with E-state index in [-0.39, 0.29) is 5.69 Å². The minimum Gasteiger partial charge on any atom is -0.618 e. The van der Waals surface area contributed by atoms with E-state index in [0.717, 1.165) is 4.68 Å². The second kappa shape index (κ2) is 5.60. The third-order valence-corrected chi connectivity index (χ3v) is 2.98. The van der Waals surface area contributed by atoms with Gasteiger partial charge in [-0.2, -0.15) is 9.41 Å². The van der Waals surface area contributed by atoms with Crippen molar-refractivity contribution in [1.29, 1.82) is 0 Å². The van der Waals surface area contributed by atoms with Crippen molar-refractivity contribution in [2.75, 3.05) is 0 Å². The van der Waals surface area contributed by atoms with Crippen molar-refractivity contribution in [1.82, 2.24) is 15.0 Å². The maximum atomic E-state index is 12.1. The summed E-state index contributed by atoms with van der Waals surface area (Å²) in [6.07, 6.45) is 1.18. The lowest BCUT2D eigenvalue weighted by atomic mass is 10.2. The minimum atomic E-state index is -0.850. The van der Waals surface area contributed by atoms with E-state index in [2.05, 4.69) is 10.3 Å². The van der Waals surface area contributed by atoms with Crippen LogP contribution in [0.15, 0.2) is 53.5 Å². The molecule has 0 amide bonds. The summed E-state index contributed by atoms with van der Waals surface area (Å²) in [5.74, 6) is -0.850. The maximum Gasteiger partial charge on any atom is 0.406 e. The van der Waals surface area contributed by atoms with Crippen LogP contribution in [0.1, 0.15) is 10.5 Å². The average Bonchev–Trinajstić information content (AvgIpc) is 2.55. The molecule has 0 fully saturated rings. The van der Waals surface area contributed by atoms with E-state index in [1.807, 2.05) is 0 Å². The highest BCUT2D eigenvalue weighted by molar-refractivity contribution is 5.85. The Balaban J connectivity index is 1.83. The molecule has 0 spiro atoms. The normalized spacial score (nSPS) is 10.5. The highest BCUT2D eigenvalue weighted by atomic mass is 16.6. The van der Waals surface area contributed by atoms with Crippen molar-refractivity contribution in [2.45, 2.75) is 6.73 Å². The molecule has 110 valence electrons. The zero-order valence-electron chi connectivity index (χ0n) is 11.2. The first-order valence-electron chi connectivity index (χ1n) is 6.34. The van der Waals surface area contributed by atoms with E-state index in [0.29, 0.717) is 15.6 Å². The van der Waals surface area contributed by atoms with Crippen molar-refractivity contribution < 1.29 is 14.3 Å². The predicted molar refractivity (Wildman–Crippen MR) is 74.6 cm³/mol. The van der Waals surface area contributed by atoms with Gasteiger partial charge in [0, 0.05) is 12.1 Å². The summed E-state index contributed by atoms with van der Waals surface area (Å²) in [6.45, 7) is -0.426. The Hall–Kier alpha value is -3.29. The first-order valence-corrected chi connectivity index (χ1v) is 6.34. The highest BCUT2D eigenvalue weighted by Crippen LogP contribution is 2.03. The van der Waals surface area contributed by atoms with Gasteiger partial charge >= 0.3 is 11.7 Å². The van der Waals surface area contributed by atoms with Crippen LogP contribution in [0.5, 0.6) is 0 Å². The predicted octanol–water partition coefficient (Wildman–Crippen LogP) is 0.239. The molecule has 8 nitrogen and oxygen atoms in total. The van der Waals surface area contributed by atoms with E-state index >= 15 is 0 Å². The third kappa shape index (κ3) is 2.49. The lowest BCUT2D eigenvalue weighted by Crippen LogP contribution is -2.35. The summed E-state index contributed by atoms with van der Waals surface area (Å²) in [5, 5.41) is 19.4. The quantitative estimate of drug-likeness (QED) is 0.390. The molecule has 0 saturated heterocycles. The molecule has 3 rings (SSSR count). The first-order chi connectivity index (χ1) is 10.7. The van der Waals surface area contributed by atoms with Gasteiger partial charge in [-0.1, -0.05) is 17.3 Å². The molecule has 2 heterocycles. The number of carbonyl (C=O) groups is 1. The molecule has 0 radical (unpaired) electrons. The molecular weight excluding hydrogens is 288 g/mol. The fourth-order valence-corrected chi connectivity index (χ4v) is 1.89. The minimum absolute atomic E-state index is 0.177. The van der Waals surface area contributed by atoms with Crippen LogP contribution in [0, 0.1) is 5.21 Å². The molecule has 0 aliphatic carbocycles. The van der Waals surface area contributed by atoms with Crippen LogP contribution >= 0.6 is 0 Å². The van der Waals surface area contributed by atoms with Crippen LogP contribution in [0.4, 0.5) is 0 Å². The number of aromatic nitrogens is 4. The van der Waals surface area contributed by atoms with Gasteiger partial charge in [-0.05, 0) is 18.2 Å². The average molecular weight is 298 g/mol. The molecule has 0 saturated carbocycles. The molecule has 0 atom stereocenters. The molecule has 2 aromatic heterocycles. The Morgan fingerprint density at radius 3 is 2.82 bits per heavy atom. The number of benzene rings is 1. The second-order valence-electron chi connectivity index (χ2n) is 4.38. The summed E-state index contributed by atoms with van der Waals surface area (Å²) >= 11 is 0. The van der Waals surface area contributed by atoms with Gasteiger partial charge in [0.05, 0.1) is 5.39 Å². The van der Waals surface area contributed by atoms with E-state index in [1.165, 1.54) is 24.4 Å². The van der Waals surface area contributed by atoms with Crippen molar-refractivity contribution in [3.05, 3.63) is 69.9 Å². The molecular formula is C14H10N4O4. The van der Waals surface area contributed by atoms with Crippen LogP contribution in [0.2, 0.25) is 0 Å². The lowest BCUT2D eigenvalue weighted by Gasteiger charge is -2.06. The fourth-order valence-electron chi connectivity index (χ4n) is 1.89. The molecule has 1 aromatic carbocycles. The van der Waals surface area contributed by atoms with E-state index in [9.17, 15) is 14.8 Å². The molecule has 0 N–H and O–H groups in total. The van der Waals surface area contributed by atoms with Gasteiger partial charge in [-0.3, -0.25) is 4.79 Å². The third-order valence-electron chi connectivity index (χ3n) is 2.98. The molecule has 0 aliphatic heterocycles. The largest absolute Gasteiger partial charge is 0.618 e. The topological polar surface area (TPSA) is 101 Å². The highest BCUT2D eigenvalue weighted by Gasteiger charge is 2.17. The molecule has 0 bridgehead atoms. The number of fused-ring (bicyclic) bond motifs is 1. The summed E-state index contributed by atoms with van der Waals surface area (Å²) in [7, 11) is 0. The standard InChI is InChI=1S/C14H10N4O4/c19-13-10-5-1-2-6-11(10)15-16-17(13)9-22-14(20)12-7-3-4-8-18(12)21/h1-8H,9H2. The Labute approximate surface area is 123 Å². The molecule has 3 aromatic rings. The van der Waals surface area contributed by atoms with Crippen molar-refractivity contribution in [2.24, 2.45) is 0 Å². The zero-order valence-corrected chi connectivity index (χ0v) is 11.2. The Morgan fingerprint density at radius 2 is 2.00 bits per heavy atom. The van der Waals surface area contributed by atoms with Crippen molar-refractivity contribution in [3.8, 4) is 0 Å². The summed E-state index contributed by atoms with van der Waals surface area (Å²) in [4.78, 5) is 24.0. The number of hydrogen-bond acceptors (Lipinski definition) is 6. The summed E-state index contributed by atoms with van der Waals surface area (Å²) < 4.78 is 6.23. The number of ether oxygens (including phenoxy) is 1. The lowest BCUT2D eigenvalue weighted by molar-refractivity contribution is -0.608. The summed E-state index contributed by atoms with van der Waals surface area (Å²) in [6, 6.07) is 11.0.